The van der Waals surface area contributed by atoms with Crippen LogP contribution in [0.1, 0.15) is 31.2 Å². The number of aromatic hydroxyl groups is 1. The van der Waals surface area contributed by atoms with Crippen LogP contribution in [-0.4, -0.2) is 16.1 Å². The minimum atomic E-state index is 0.314. The highest BCUT2D eigenvalue weighted by molar-refractivity contribution is 5.84. The van der Waals surface area contributed by atoms with Gasteiger partial charge in [0.05, 0.1) is 0 Å². The van der Waals surface area contributed by atoms with Crippen molar-refractivity contribution in [1.82, 2.24) is 10.3 Å². The lowest BCUT2D eigenvalue weighted by Crippen LogP contribution is -2.25. The summed E-state index contributed by atoms with van der Waals surface area (Å²) in [6.45, 7) is 0.912. The lowest BCUT2D eigenvalue weighted by Gasteiger charge is -2.10. The van der Waals surface area contributed by atoms with Gasteiger partial charge in [-0.1, -0.05) is 12.8 Å². The number of phenolic OH excluding ortho intramolecular Hbond substituents is 1. The number of aromatic amines is 1. The molecule has 0 unspecified atom stereocenters. The highest BCUT2D eigenvalue weighted by Crippen LogP contribution is 2.23. The van der Waals surface area contributed by atoms with Gasteiger partial charge in [0, 0.05) is 35.8 Å². The summed E-state index contributed by atoms with van der Waals surface area (Å²) in [5.41, 5.74) is 2.29. The number of hydrogen-bond donors (Lipinski definition) is 3. The third-order valence-corrected chi connectivity index (χ3v) is 3.69. The lowest BCUT2D eigenvalue weighted by molar-refractivity contribution is 0.476. The van der Waals surface area contributed by atoms with Crippen LogP contribution >= 0.6 is 0 Å². The van der Waals surface area contributed by atoms with E-state index >= 15 is 0 Å². The van der Waals surface area contributed by atoms with Crippen molar-refractivity contribution in [1.29, 1.82) is 0 Å². The van der Waals surface area contributed by atoms with Crippen molar-refractivity contribution in [2.24, 2.45) is 0 Å². The van der Waals surface area contributed by atoms with Crippen LogP contribution in [0.5, 0.6) is 5.75 Å². The molecule has 3 rings (SSSR count). The Morgan fingerprint density at radius 3 is 2.94 bits per heavy atom. The number of aromatic nitrogens is 1. The van der Waals surface area contributed by atoms with E-state index in [-0.39, 0.29) is 0 Å². The molecule has 1 saturated carbocycles. The number of H-pyrrole nitrogens is 1. The first-order valence-electron chi connectivity index (χ1n) is 6.35. The van der Waals surface area contributed by atoms with Gasteiger partial charge in [0.1, 0.15) is 5.75 Å². The molecule has 1 aromatic carbocycles. The molecule has 0 radical (unpaired) electrons. The molecule has 0 bridgehead atoms. The molecule has 0 aliphatic heterocycles. The molecule has 90 valence electrons. The third kappa shape index (κ3) is 2.15. The van der Waals surface area contributed by atoms with Crippen molar-refractivity contribution in [3.05, 3.63) is 30.0 Å². The summed E-state index contributed by atoms with van der Waals surface area (Å²) < 4.78 is 0. The fourth-order valence-corrected chi connectivity index (χ4v) is 2.70. The molecule has 1 fully saturated rings. The Bertz CT molecular complexity index is 512. The highest BCUT2D eigenvalue weighted by atomic mass is 16.3. The molecule has 3 heteroatoms. The number of phenols is 1. The highest BCUT2D eigenvalue weighted by Gasteiger charge is 2.14. The molecule has 1 aliphatic rings. The zero-order valence-corrected chi connectivity index (χ0v) is 9.87. The van der Waals surface area contributed by atoms with Gasteiger partial charge in [0.2, 0.25) is 0 Å². The SMILES string of the molecule is Oc1ccc2c(CNC3CCCC3)c[nH]c2c1. The minimum Gasteiger partial charge on any atom is -0.508 e. The summed E-state index contributed by atoms with van der Waals surface area (Å²) in [5.74, 6) is 0.314. The van der Waals surface area contributed by atoms with Crippen LogP contribution in [0.3, 0.4) is 0 Å². The van der Waals surface area contributed by atoms with E-state index in [1.807, 2.05) is 12.3 Å². The van der Waals surface area contributed by atoms with Crippen LogP contribution in [0, 0.1) is 0 Å². The molecule has 0 saturated heterocycles. The van der Waals surface area contributed by atoms with Crippen molar-refractivity contribution < 1.29 is 5.11 Å². The van der Waals surface area contributed by atoms with Crippen LogP contribution in [0.25, 0.3) is 10.9 Å². The summed E-state index contributed by atoms with van der Waals surface area (Å²) >= 11 is 0. The lowest BCUT2D eigenvalue weighted by atomic mass is 10.1. The molecule has 1 aromatic heterocycles. The zero-order chi connectivity index (χ0) is 11.7. The molecule has 0 atom stereocenters. The molecule has 1 heterocycles. The Kier molecular flexibility index (Phi) is 2.77. The maximum Gasteiger partial charge on any atom is 0.117 e. The van der Waals surface area contributed by atoms with E-state index in [0.29, 0.717) is 11.8 Å². The molecule has 1 aliphatic carbocycles. The maximum atomic E-state index is 9.41. The van der Waals surface area contributed by atoms with E-state index in [0.717, 1.165) is 12.1 Å². The minimum absolute atomic E-state index is 0.314. The Labute approximate surface area is 101 Å². The van der Waals surface area contributed by atoms with Crippen molar-refractivity contribution in [2.75, 3.05) is 0 Å². The van der Waals surface area contributed by atoms with Gasteiger partial charge < -0.3 is 15.4 Å². The van der Waals surface area contributed by atoms with E-state index in [9.17, 15) is 5.11 Å². The number of rotatable bonds is 3. The fourth-order valence-electron chi connectivity index (χ4n) is 2.70. The van der Waals surface area contributed by atoms with E-state index in [1.54, 1.807) is 12.1 Å². The number of nitrogens with one attached hydrogen (secondary N) is 2. The Hall–Kier alpha value is -1.48. The summed E-state index contributed by atoms with van der Waals surface area (Å²) in [6, 6.07) is 6.19. The molecular weight excluding hydrogens is 212 g/mol. The van der Waals surface area contributed by atoms with Gasteiger partial charge in [0.15, 0.2) is 0 Å². The maximum absolute atomic E-state index is 9.41. The fraction of sp³-hybridized carbons (Fsp3) is 0.429. The van der Waals surface area contributed by atoms with Crippen molar-refractivity contribution in [2.45, 2.75) is 38.3 Å². The van der Waals surface area contributed by atoms with Crippen LogP contribution in [0.15, 0.2) is 24.4 Å². The van der Waals surface area contributed by atoms with E-state index < -0.39 is 0 Å². The molecule has 0 amide bonds. The molecule has 17 heavy (non-hydrogen) atoms. The largest absolute Gasteiger partial charge is 0.508 e. The van der Waals surface area contributed by atoms with Crippen LogP contribution < -0.4 is 5.32 Å². The van der Waals surface area contributed by atoms with Gasteiger partial charge in [-0.25, -0.2) is 0 Å². The molecule has 3 nitrogen and oxygen atoms in total. The Balaban J connectivity index is 1.76. The first kappa shape index (κ1) is 10.7. The van der Waals surface area contributed by atoms with Crippen LogP contribution in [-0.2, 0) is 6.54 Å². The first-order valence-corrected chi connectivity index (χ1v) is 6.35. The molecule has 2 aromatic rings. The van der Waals surface area contributed by atoms with Crippen molar-refractivity contribution >= 4 is 10.9 Å². The average Bonchev–Trinajstić information content (AvgIpc) is 2.94. The topological polar surface area (TPSA) is 48.0 Å². The van der Waals surface area contributed by atoms with Crippen LogP contribution in [0.2, 0.25) is 0 Å². The normalized spacial score (nSPS) is 16.9. The van der Waals surface area contributed by atoms with Gasteiger partial charge >= 0.3 is 0 Å². The predicted octanol–water partition coefficient (Wildman–Crippen LogP) is 2.91. The van der Waals surface area contributed by atoms with E-state index in [2.05, 4.69) is 10.3 Å². The zero-order valence-electron chi connectivity index (χ0n) is 9.87. The predicted molar refractivity (Wildman–Crippen MR) is 69.1 cm³/mol. The summed E-state index contributed by atoms with van der Waals surface area (Å²) in [6.07, 6.45) is 7.37. The standard InChI is InChI=1S/C14H18N2O/c17-12-5-6-13-10(9-16-14(13)7-12)8-15-11-3-1-2-4-11/h5-7,9,11,15-17H,1-4,8H2. The van der Waals surface area contributed by atoms with Crippen LogP contribution in [0.4, 0.5) is 0 Å². The quantitative estimate of drug-likeness (QED) is 0.759. The Morgan fingerprint density at radius 2 is 2.12 bits per heavy atom. The summed E-state index contributed by atoms with van der Waals surface area (Å²) in [7, 11) is 0. The van der Waals surface area contributed by atoms with Gasteiger partial charge in [-0.2, -0.15) is 0 Å². The Morgan fingerprint density at radius 1 is 1.29 bits per heavy atom. The van der Waals surface area contributed by atoms with Gasteiger partial charge in [-0.05, 0) is 30.5 Å². The van der Waals surface area contributed by atoms with E-state index in [1.165, 1.54) is 36.6 Å². The molecule has 0 spiro atoms. The third-order valence-electron chi connectivity index (χ3n) is 3.69. The van der Waals surface area contributed by atoms with Gasteiger partial charge in [0.25, 0.3) is 0 Å². The summed E-state index contributed by atoms with van der Waals surface area (Å²) in [5, 5.41) is 14.2. The smallest absolute Gasteiger partial charge is 0.117 e. The summed E-state index contributed by atoms with van der Waals surface area (Å²) in [4.78, 5) is 3.20. The van der Waals surface area contributed by atoms with Crippen molar-refractivity contribution in [3.63, 3.8) is 0 Å². The monoisotopic (exact) mass is 230 g/mol. The number of hydrogen-bond acceptors (Lipinski definition) is 2. The van der Waals surface area contributed by atoms with Gasteiger partial charge in [-0.15, -0.1) is 0 Å². The number of benzene rings is 1. The number of fused-ring (bicyclic) bond motifs is 1. The second kappa shape index (κ2) is 4.41. The average molecular weight is 230 g/mol. The van der Waals surface area contributed by atoms with E-state index in [4.69, 9.17) is 0 Å². The molecular formula is C14H18N2O. The van der Waals surface area contributed by atoms with Gasteiger partial charge in [-0.3, -0.25) is 0 Å². The second-order valence-electron chi connectivity index (χ2n) is 4.91. The first-order chi connectivity index (χ1) is 8.33. The second-order valence-corrected chi connectivity index (χ2v) is 4.91. The van der Waals surface area contributed by atoms with Crippen molar-refractivity contribution in [3.8, 4) is 5.75 Å². The molecule has 3 N–H and O–H groups in total.